The Bertz CT molecular complexity index is 514. The van der Waals surface area contributed by atoms with Crippen molar-refractivity contribution in [3.8, 4) is 0 Å². The van der Waals surface area contributed by atoms with E-state index in [1.807, 2.05) is 10.7 Å². The molecule has 1 aliphatic carbocycles. The van der Waals surface area contributed by atoms with Gasteiger partial charge in [0.2, 0.25) is 0 Å². The molecule has 1 aliphatic rings. The van der Waals surface area contributed by atoms with E-state index in [2.05, 4.69) is 34.6 Å². The maximum atomic E-state index is 5.87. The zero-order valence-electron chi connectivity index (χ0n) is 10.4. The van der Waals surface area contributed by atoms with E-state index in [1.165, 1.54) is 18.4 Å². The molecular formula is C14H18N4. The molecule has 4 heteroatoms. The second kappa shape index (κ2) is 4.80. The average Bonchev–Trinajstić information content (AvgIpc) is 3.16. The summed E-state index contributed by atoms with van der Waals surface area (Å²) in [4.78, 5) is 0. The van der Waals surface area contributed by atoms with Gasteiger partial charge < -0.3 is 5.73 Å². The Morgan fingerprint density at radius 1 is 1.22 bits per heavy atom. The van der Waals surface area contributed by atoms with Crippen molar-refractivity contribution in [1.82, 2.24) is 15.0 Å². The van der Waals surface area contributed by atoms with Gasteiger partial charge in [0.1, 0.15) is 0 Å². The normalized spacial score (nSPS) is 14.9. The first kappa shape index (κ1) is 11.3. The highest BCUT2D eigenvalue weighted by molar-refractivity contribution is 5.38. The van der Waals surface area contributed by atoms with E-state index in [0.29, 0.717) is 11.7 Å². The molecule has 0 atom stereocenters. The van der Waals surface area contributed by atoms with Crippen molar-refractivity contribution < 1.29 is 0 Å². The van der Waals surface area contributed by atoms with E-state index in [-0.39, 0.29) is 0 Å². The average molecular weight is 242 g/mol. The van der Waals surface area contributed by atoms with E-state index in [9.17, 15) is 0 Å². The van der Waals surface area contributed by atoms with Gasteiger partial charge in [-0.05, 0) is 31.2 Å². The van der Waals surface area contributed by atoms with Crippen LogP contribution < -0.4 is 5.73 Å². The first-order chi connectivity index (χ1) is 8.84. The monoisotopic (exact) mass is 242 g/mol. The summed E-state index contributed by atoms with van der Waals surface area (Å²) < 4.78 is 2.00. The molecule has 0 amide bonds. The maximum absolute atomic E-state index is 5.87. The van der Waals surface area contributed by atoms with Crippen LogP contribution in [0.1, 0.15) is 36.4 Å². The second-order valence-electron chi connectivity index (χ2n) is 4.95. The van der Waals surface area contributed by atoms with E-state index in [1.54, 1.807) is 0 Å². The molecule has 2 aromatic rings. The topological polar surface area (TPSA) is 56.7 Å². The minimum absolute atomic E-state index is 0.608. The summed E-state index contributed by atoms with van der Waals surface area (Å²) >= 11 is 0. The van der Waals surface area contributed by atoms with Gasteiger partial charge in [-0.3, -0.25) is 0 Å². The predicted molar refractivity (Wildman–Crippen MR) is 71.2 cm³/mol. The van der Waals surface area contributed by atoms with Gasteiger partial charge in [0, 0.05) is 12.5 Å². The largest absolute Gasteiger partial charge is 0.381 e. The SMILES string of the molecule is Nc1nnn(CCCc2ccccc2)c1C1CC1. The molecule has 1 saturated carbocycles. The summed E-state index contributed by atoms with van der Waals surface area (Å²) in [5.74, 6) is 1.23. The fraction of sp³-hybridized carbons (Fsp3) is 0.429. The Labute approximate surface area is 107 Å². The number of nitrogen functional groups attached to an aromatic ring is 1. The Balaban J connectivity index is 1.60. The quantitative estimate of drug-likeness (QED) is 0.875. The molecule has 0 unspecified atom stereocenters. The van der Waals surface area contributed by atoms with Crippen LogP contribution in [0.3, 0.4) is 0 Å². The molecule has 1 heterocycles. The lowest BCUT2D eigenvalue weighted by Crippen LogP contribution is -2.06. The number of anilines is 1. The van der Waals surface area contributed by atoms with Gasteiger partial charge in [-0.2, -0.15) is 0 Å². The van der Waals surface area contributed by atoms with Crippen LogP contribution >= 0.6 is 0 Å². The van der Waals surface area contributed by atoms with Crippen molar-refractivity contribution in [3.05, 3.63) is 41.6 Å². The molecule has 4 nitrogen and oxygen atoms in total. The van der Waals surface area contributed by atoms with Crippen molar-refractivity contribution in [2.45, 2.75) is 38.1 Å². The smallest absolute Gasteiger partial charge is 0.169 e. The highest BCUT2D eigenvalue weighted by Crippen LogP contribution is 2.41. The Morgan fingerprint density at radius 2 is 2.00 bits per heavy atom. The molecule has 0 radical (unpaired) electrons. The molecule has 0 aliphatic heterocycles. The Kier molecular flexibility index (Phi) is 3.00. The molecule has 94 valence electrons. The molecule has 1 fully saturated rings. The summed E-state index contributed by atoms with van der Waals surface area (Å²) in [7, 11) is 0. The van der Waals surface area contributed by atoms with Gasteiger partial charge in [-0.25, -0.2) is 4.68 Å². The standard InChI is InChI=1S/C14H18N4/c15-14-13(12-8-9-12)18(17-16-14)10-4-7-11-5-2-1-3-6-11/h1-3,5-6,12H,4,7-10,15H2. The lowest BCUT2D eigenvalue weighted by Gasteiger charge is -2.05. The maximum Gasteiger partial charge on any atom is 0.169 e. The predicted octanol–water partition coefficient (Wildman–Crippen LogP) is 2.37. The van der Waals surface area contributed by atoms with Gasteiger partial charge >= 0.3 is 0 Å². The van der Waals surface area contributed by atoms with Crippen molar-refractivity contribution in [1.29, 1.82) is 0 Å². The summed E-state index contributed by atoms with van der Waals surface area (Å²) in [6.45, 7) is 0.908. The van der Waals surface area contributed by atoms with Gasteiger partial charge in [0.05, 0.1) is 5.69 Å². The Morgan fingerprint density at radius 3 is 2.72 bits per heavy atom. The van der Waals surface area contributed by atoms with Crippen LogP contribution in [0, 0.1) is 0 Å². The van der Waals surface area contributed by atoms with Crippen molar-refractivity contribution in [3.63, 3.8) is 0 Å². The van der Waals surface area contributed by atoms with Crippen molar-refractivity contribution in [2.75, 3.05) is 5.73 Å². The fourth-order valence-corrected chi connectivity index (χ4v) is 2.35. The fourth-order valence-electron chi connectivity index (χ4n) is 2.35. The van der Waals surface area contributed by atoms with Crippen LogP contribution in [0.2, 0.25) is 0 Å². The molecule has 0 spiro atoms. The molecule has 2 N–H and O–H groups in total. The van der Waals surface area contributed by atoms with E-state index < -0.39 is 0 Å². The molecule has 0 saturated heterocycles. The molecule has 1 aromatic carbocycles. The van der Waals surface area contributed by atoms with Crippen LogP contribution in [0.15, 0.2) is 30.3 Å². The summed E-state index contributed by atoms with van der Waals surface area (Å²) in [5.41, 5.74) is 8.40. The zero-order valence-corrected chi connectivity index (χ0v) is 10.4. The molecule has 0 bridgehead atoms. The first-order valence-corrected chi connectivity index (χ1v) is 6.57. The van der Waals surface area contributed by atoms with E-state index >= 15 is 0 Å². The van der Waals surface area contributed by atoms with E-state index in [0.717, 1.165) is 25.1 Å². The van der Waals surface area contributed by atoms with Crippen LogP contribution in [-0.2, 0) is 13.0 Å². The number of hydrogen-bond acceptors (Lipinski definition) is 3. The Hall–Kier alpha value is -1.84. The third-order valence-electron chi connectivity index (χ3n) is 3.44. The van der Waals surface area contributed by atoms with Gasteiger partial charge in [0.15, 0.2) is 5.82 Å². The summed E-state index contributed by atoms with van der Waals surface area (Å²) in [6.07, 6.45) is 4.61. The summed E-state index contributed by atoms with van der Waals surface area (Å²) in [6, 6.07) is 10.5. The molecule has 3 rings (SSSR count). The van der Waals surface area contributed by atoms with Gasteiger partial charge in [0.25, 0.3) is 0 Å². The minimum atomic E-state index is 0.608. The van der Waals surface area contributed by atoms with Crippen LogP contribution in [-0.4, -0.2) is 15.0 Å². The first-order valence-electron chi connectivity index (χ1n) is 6.57. The number of rotatable bonds is 5. The van der Waals surface area contributed by atoms with E-state index in [4.69, 9.17) is 5.73 Å². The third-order valence-corrected chi connectivity index (χ3v) is 3.44. The molecule has 18 heavy (non-hydrogen) atoms. The number of nitrogens with two attached hydrogens (primary N) is 1. The van der Waals surface area contributed by atoms with Crippen molar-refractivity contribution in [2.24, 2.45) is 0 Å². The number of aromatic nitrogens is 3. The highest BCUT2D eigenvalue weighted by Gasteiger charge is 2.30. The number of nitrogens with zero attached hydrogens (tertiary/aromatic N) is 3. The van der Waals surface area contributed by atoms with Crippen LogP contribution in [0.25, 0.3) is 0 Å². The lowest BCUT2D eigenvalue weighted by atomic mass is 10.1. The molecular weight excluding hydrogens is 224 g/mol. The number of benzene rings is 1. The van der Waals surface area contributed by atoms with Crippen LogP contribution in [0.5, 0.6) is 0 Å². The van der Waals surface area contributed by atoms with Gasteiger partial charge in [-0.15, -0.1) is 5.10 Å². The minimum Gasteiger partial charge on any atom is -0.381 e. The third kappa shape index (κ3) is 2.37. The van der Waals surface area contributed by atoms with Crippen LogP contribution in [0.4, 0.5) is 5.82 Å². The van der Waals surface area contributed by atoms with Gasteiger partial charge in [-0.1, -0.05) is 35.5 Å². The highest BCUT2D eigenvalue weighted by atomic mass is 15.4. The molecule has 1 aromatic heterocycles. The van der Waals surface area contributed by atoms with Crippen molar-refractivity contribution >= 4 is 5.82 Å². The lowest BCUT2D eigenvalue weighted by molar-refractivity contribution is 0.538. The number of hydrogen-bond donors (Lipinski definition) is 1. The zero-order chi connectivity index (χ0) is 12.4. The second-order valence-corrected chi connectivity index (χ2v) is 4.95. The summed E-state index contributed by atoms with van der Waals surface area (Å²) in [5, 5.41) is 8.14. The number of aryl methyl sites for hydroxylation is 2.